The summed E-state index contributed by atoms with van der Waals surface area (Å²) < 4.78 is 17.8. The maximum Gasteiger partial charge on any atom is 0.308 e. The summed E-state index contributed by atoms with van der Waals surface area (Å²) in [5.41, 5.74) is 1.65. The van der Waals surface area contributed by atoms with Gasteiger partial charge in [-0.05, 0) is 42.5 Å². The van der Waals surface area contributed by atoms with Gasteiger partial charge in [0.05, 0.1) is 26.6 Å². The number of ether oxygens (including phenoxy) is 3. The Kier molecular flexibility index (Phi) is 8.95. The van der Waals surface area contributed by atoms with E-state index in [4.69, 9.17) is 25.8 Å². The third-order valence-corrected chi connectivity index (χ3v) is 7.47. The smallest absolute Gasteiger partial charge is 0.308 e. The molecule has 4 rings (SSSR count). The molecule has 1 fully saturated rings. The molecule has 0 aromatic heterocycles. The molecule has 0 aliphatic carbocycles. The number of likely N-dealkylation sites (tertiary alicyclic amines) is 1. The molecule has 0 spiro atoms. The van der Waals surface area contributed by atoms with Gasteiger partial charge in [-0.15, -0.1) is 0 Å². The highest BCUT2D eigenvalue weighted by Crippen LogP contribution is 2.45. The summed E-state index contributed by atoms with van der Waals surface area (Å²) in [7, 11) is 3.07. The first-order valence-corrected chi connectivity index (χ1v) is 13.8. The lowest BCUT2D eigenvalue weighted by Crippen LogP contribution is -2.47. The highest BCUT2D eigenvalue weighted by atomic mass is 35.5. The molecular weight excluding hydrogens is 536 g/mol. The minimum absolute atomic E-state index is 0.115. The molecule has 2 heterocycles. The van der Waals surface area contributed by atoms with Crippen molar-refractivity contribution in [3.63, 3.8) is 0 Å². The number of hydrogen-bond acceptors (Lipinski definition) is 6. The number of piperidine rings is 1. The molecule has 2 aromatic carbocycles. The Morgan fingerprint density at radius 1 is 1.12 bits per heavy atom. The van der Waals surface area contributed by atoms with Crippen molar-refractivity contribution in [2.75, 3.05) is 38.8 Å². The first kappa shape index (κ1) is 29.7. The van der Waals surface area contributed by atoms with E-state index < -0.39 is 24.1 Å². The predicted molar refractivity (Wildman–Crippen MR) is 151 cm³/mol. The molecule has 10 heteroatoms. The number of hydrogen-bond donors (Lipinski definition) is 1. The van der Waals surface area contributed by atoms with Crippen molar-refractivity contribution in [1.82, 2.24) is 4.90 Å². The van der Waals surface area contributed by atoms with Crippen molar-refractivity contribution < 1.29 is 33.7 Å². The number of nitrogens with zero attached hydrogens (tertiary/aromatic N) is 2. The molecule has 1 saturated heterocycles. The second kappa shape index (κ2) is 12.1. The van der Waals surface area contributed by atoms with Crippen LogP contribution in [-0.2, 0) is 19.1 Å². The van der Waals surface area contributed by atoms with Crippen molar-refractivity contribution in [3.05, 3.63) is 52.5 Å². The first-order valence-electron chi connectivity index (χ1n) is 13.4. The molecule has 1 N–H and O–H groups in total. The lowest BCUT2D eigenvalue weighted by atomic mass is 9.94. The summed E-state index contributed by atoms with van der Waals surface area (Å²) in [5.74, 6) is -1.27. The summed E-state index contributed by atoms with van der Waals surface area (Å²) in [4.78, 5) is 42.5. The molecule has 40 heavy (non-hydrogen) atoms. The number of carbonyl (C=O) groups excluding carboxylic acids is 2. The Labute approximate surface area is 239 Å². The van der Waals surface area contributed by atoms with Gasteiger partial charge in [-0.2, -0.15) is 0 Å². The van der Waals surface area contributed by atoms with E-state index in [2.05, 4.69) is 0 Å². The van der Waals surface area contributed by atoms with Gasteiger partial charge in [0.15, 0.2) is 11.5 Å². The Morgan fingerprint density at radius 2 is 1.88 bits per heavy atom. The van der Waals surface area contributed by atoms with E-state index >= 15 is 0 Å². The van der Waals surface area contributed by atoms with Gasteiger partial charge in [0.2, 0.25) is 5.91 Å². The zero-order valence-corrected chi connectivity index (χ0v) is 24.4. The minimum atomic E-state index is -1.13. The van der Waals surface area contributed by atoms with E-state index in [1.54, 1.807) is 36.3 Å². The minimum Gasteiger partial charge on any atom is -0.493 e. The maximum atomic E-state index is 14.2. The van der Waals surface area contributed by atoms with Crippen molar-refractivity contribution in [1.29, 1.82) is 0 Å². The molecule has 9 nitrogen and oxygen atoms in total. The average Bonchev–Trinajstić information content (AvgIpc) is 3.02. The van der Waals surface area contributed by atoms with Crippen LogP contribution in [0.25, 0.3) is 0 Å². The molecule has 2 aliphatic heterocycles. The number of fused-ring (bicyclic) bond motifs is 1. The summed E-state index contributed by atoms with van der Waals surface area (Å²) in [6.07, 6.45) is -1.06. The first-order chi connectivity index (χ1) is 18.9. The normalized spacial score (nSPS) is 21.4. The summed E-state index contributed by atoms with van der Waals surface area (Å²) in [6.45, 7) is 7.03. The van der Waals surface area contributed by atoms with Crippen molar-refractivity contribution in [2.45, 2.75) is 52.2 Å². The Bertz CT molecular complexity index is 1280. The Balaban J connectivity index is 1.80. The van der Waals surface area contributed by atoms with Crippen molar-refractivity contribution in [3.8, 4) is 11.5 Å². The number of carboxylic acids is 1. The van der Waals surface area contributed by atoms with Crippen molar-refractivity contribution >= 4 is 35.1 Å². The second-order valence-electron chi connectivity index (χ2n) is 11.5. The van der Waals surface area contributed by atoms with Gasteiger partial charge in [0, 0.05) is 41.5 Å². The van der Waals surface area contributed by atoms with Crippen LogP contribution in [0, 0.1) is 11.3 Å². The van der Waals surface area contributed by atoms with Crippen molar-refractivity contribution in [2.24, 2.45) is 11.3 Å². The van der Waals surface area contributed by atoms with Gasteiger partial charge in [-0.3, -0.25) is 14.4 Å². The molecule has 3 atom stereocenters. The number of methoxy groups -OCH3 is 2. The number of carbonyl (C=O) groups is 3. The molecule has 2 aliphatic rings. The van der Waals surface area contributed by atoms with E-state index in [1.165, 1.54) is 12.0 Å². The second-order valence-corrected chi connectivity index (χ2v) is 11.9. The van der Waals surface area contributed by atoms with E-state index in [1.807, 2.05) is 32.9 Å². The maximum absolute atomic E-state index is 14.2. The zero-order valence-electron chi connectivity index (χ0n) is 23.6. The Hall–Kier alpha value is -3.30. The summed E-state index contributed by atoms with van der Waals surface area (Å²) in [6, 6.07) is 10.7. The van der Waals surface area contributed by atoms with Crippen LogP contribution >= 0.6 is 11.6 Å². The van der Waals surface area contributed by atoms with Gasteiger partial charge >= 0.3 is 5.97 Å². The third kappa shape index (κ3) is 6.36. The number of aliphatic carboxylic acids is 1. The quantitative estimate of drug-likeness (QED) is 0.501. The van der Waals surface area contributed by atoms with E-state index in [9.17, 15) is 19.5 Å². The molecule has 0 radical (unpaired) electrons. The van der Waals surface area contributed by atoms with Gasteiger partial charge in [-0.1, -0.05) is 44.5 Å². The Morgan fingerprint density at radius 3 is 2.52 bits per heavy atom. The van der Waals surface area contributed by atoms with Gasteiger partial charge in [0.1, 0.15) is 12.2 Å². The predicted octanol–water partition coefficient (Wildman–Crippen LogP) is 4.94. The topological polar surface area (TPSA) is 106 Å². The van der Waals surface area contributed by atoms with Gasteiger partial charge in [0.25, 0.3) is 5.91 Å². The van der Waals surface area contributed by atoms with Gasteiger partial charge in [-0.25, -0.2) is 0 Å². The van der Waals surface area contributed by atoms with Crippen LogP contribution in [0.15, 0.2) is 36.4 Å². The fourth-order valence-corrected chi connectivity index (χ4v) is 5.58. The summed E-state index contributed by atoms with van der Waals surface area (Å²) in [5, 5.41) is 9.97. The van der Waals surface area contributed by atoms with Crippen LogP contribution in [0.3, 0.4) is 0 Å². The van der Waals surface area contributed by atoms with E-state index in [-0.39, 0.29) is 30.2 Å². The molecular formula is C30H37ClN2O7. The molecule has 216 valence electrons. The molecule has 2 amide bonds. The van der Waals surface area contributed by atoms with Crippen LogP contribution in [0.5, 0.6) is 11.5 Å². The van der Waals surface area contributed by atoms with Gasteiger partial charge < -0.3 is 29.1 Å². The number of benzene rings is 2. The highest BCUT2D eigenvalue weighted by Gasteiger charge is 2.41. The number of amides is 2. The average molecular weight is 573 g/mol. The molecule has 2 aromatic rings. The molecule has 1 unspecified atom stereocenters. The lowest BCUT2D eigenvalue weighted by molar-refractivity contribution is -0.148. The van der Waals surface area contributed by atoms with E-state index in [0.717, 1.165) is 0 Å². The monoisotopic (exact) mass is 572 g/mol. The highest BCUT2D eigenvalue weighted by molar-refractivity contribution is 6.30. The number of para-hydroxylation sites is 1. The van der Waals surface area contributed by atoms with Crippen LogP contribution in [-0.4, -0.2) is 67.7 Å². The van der Waals surface area contributed by atoms with Crippen LogP contribution in [0.1, 0.15) is 57.3 Å². The zero-order chi connectivity index (χ0) is 29.2. The van der Waals surface area contributed by atoms with Crippen LogP contribution < -0.4 is 14.4 Å². The number of carboxylic acid groups (broad SMARTS) is 1. The fraction of sp³-hybridized carbons (Fsp3) is 0.500. The SMILES string of the molecule is COc1cccc([C@@H]2O[C@@H](CC(=O)N3CCCC(C(=O)O)C3)C(=O)N(CC(C)(C)C)c3ccc(Cl)cc32)c1OC. The molecule has 0 saturated carbocycles. The van der Waals surface area contributed by atoms with E-state index in [0.29, 0.717) is 59.3 Å². The largest absolute Gasteiger partial charge is 0.493 e. The van der Waals surface area contributed by atoms with Crippen LogP contribution in [0.2, 0.25) is 5.02 Å². The number of halogens is 1. The fourth-order valence-electron chi connectivity index (χ4n) is 5.39. The third-order valence-electron chi connectivity index (χ3n) is 7.24. The standard InChI is InChI=1S/C30H37ClN2O7/c1-30(2,3)17-33-22-12-11-19(31)14-21(22)26(20-9-6-10-23(38-4)27(20)39-5)40-24(28(33)35)15-25(34)32-13-7-8-18(16-32)29(36)37/h6,9-12,14,18,24,26H,7-8,13,15-17H2,1-5H3,(H,36,37)/t18?,24-,26-/m0/s1. The lowest BCUT2D eigenvalue weighted by Gasteiger charge is -2.33. The summed E-state index contributed by atoms with van der Waals surface area (Å²) >= 11 is 6.47. The number of rotatable bonds is 7. The van der Waals surface area contributed by atoms with Crippen LogP contribution in [0.4, 0.5) is 5.69 Å². The number of anilines is 1. The molecule has 0 bridgehead atoms.